The number of primary sulfonamides is 1. The molecule has 2 aromatic heterocycles. The Balaban J connectivity index is 0.00000112. The Morgan fingerprint density at radius 1 is 1.23 bits per heavy atom. The molecule has 1 aliphatic rings. The molecule has 0 unspecified atom stereocenters. The molecular formula is C21H25N9O6S3. The third kappa shape index (κ3) is 5.89. The third-order valence-electron chi connectivity index (χ3n) is 5.95. The molecule has 0 radical (unpaired) electrons. The van der Waals surface area contributed by atoms with E-state index in [2.05, 4.69) is 30.5 Å². The highest BCUT2D eigenvalue weighted by Crippen LogP contribution is 2.42. The number of carboxylic acid groups (broad SMARTS) is 1. The second-order valence-electron chi connectivity index (χ2n) is 8.44. The Morgan fingerprint density at radius 2 is 1.97 bits per heavy atom. The highest BCUT2D eigenvalue weighted by molar-refractivity contribution is 7.92. The number of nitrogens with one attached hydrogen (secondary N) is 2. The van der Waals surface area contributed by atoms with E-state index in [1.54, 1.807) is 12.1 Å². The molecule has 2 aromatic carbocycles. The molecule has 208 valence electrons. The number of sulfonamides is 2. The van der Waals surface area contributed by atoms with Gasteiger partial charge in [0.15, 0.2) is 11.0 Å². The average Bonchev–Trinajstić information content (AvgIpc) is 3.62. The van der Waals surface area contributed by atoms with Crippen LogP contribution >= 0.6 is 11.3 Å². The number of carbonyl (C=O) groups is 1. The molecule has 5 rings (SSSR count). The first kappa shape index (κ1) is 28.5. The predicted molar refractivity (Wildman–Crippen MR) is 144 cm³/mol. The third-order valence-corrected chi connectivity index (χ3v) is 9.39. The summed E-state index contributed by atoms with van der Waals surface area (Å²) in [7, 11) is -7.37. The molecule has 0 saturated carbocycles. The number of hydrogen-bond donors (Lipinski definition) is 5. The fourth-order valence-corrected chi connectivity index (χ4v) is 7.79. The normalized spacial score (nSPS) is 15.7. The summed E-state index contributed by atoms with van der Waals surface area (Å²) in [4.78, 5) is 11.7. The first-order valence-electron chi connectivity index (χ1n) is 11.4. The molecule has 1 atom stereocenters. The largest absolute Gasteiger partial charge is 0.483 e. The topological polar surface area (TPSA) is 238 Å². The molecule has 1 aliphatic heterocycles. The molecule has 1 fully saturated rings. The van der Waals surface area contributed by atoms with Crippen molar-refractivity contribution in [3.05, 3.63) is 30.3 Å². The van der Waals surface area contributed by atoms with Crippen LogP contribution < -0.4 is 20.9 Å². The van der Waals surface area contributed by atoms with Gasteiger partial charge in [0, 0.05) is 25.2 Å². The van der Waals surface area contributed by atoms with E-state index in [0.717, 1.165) is 24.1 Å². The van der Waals surface area contributed by atoms with Crippen LogP contribution in [0.1, 0.15) is 12.8 Å². The van der Waals surface area contributed by atoms with Crippen LogP contribution in [0.4, 0.5) is 5.13 Å². The van der Waals surface area contributed by atoms with Crippen LogP contribution in [0.15, 0.2) is 40.1 Å². The Kier molecular flexibility index (Phi) is 8.23. The summed E-state index contributed by atoms with van der Waals surface area (Å²) < 4.78 is 57.3. The van der Waals surface area contributed by atoms with Gasteiger partial charge >= 0.3 is 0 Å². The summed E-state index contributed by atoms with van der Waals surface area (Å²) >= 11 is 1.27. The van der Waals surface area contributed by atoms with Crippen molar-refractivity contribution in [2.24, 2.45) is 12.2 Å². The van der Waals surface area contributed by atoms with Gasteiger partial charge in [-0.1, -0.05) is 29.5 Å². The van der Waals surface area contributed by atoms with Gasteiger partial charge in [-0.25, -0.2) is 36.4 Å². The first-order chi connectivity index (χ1) is 18.5. The van der Waals surface area contributed by atoms with Crippen LogP contribution in [0, 0.1) is 0 Å². The summed E-state index contributed by atoms with van der Waals surface area (Å²) in [5.74, 6) is 0.0174. The standard InChI is InChI=1S/C20H23N9O4S3.CH2O2/c1-29-19(26-27-28-29)16-12(13-5-2-6-14-17(13)25-20(21)34-14)7-8-15(18(16)35(22,30)31)36(32,33)24-10-11-4-3-9-23-11;2-1-3/h2,5-8,11,23-24H,3-4,9-10H2,1H3,(H2,21,25)(H2,22,30,31);1H,(H,2,3)/t11-;/m0./s1. The molecule has 0 amide bonds. The number of aryl methyl sites for hydroxylation is 1. The fraction of sp³-hybridized carbons (Fsp3) is 0.286. The van der Waals surface area contributed by atoms with E-state index in [4.69, 9.17) is 20.8 Å². The maximum atomic E-state index is 13.4. The summed E-state index contributed by atoms with van der Waals surface area (Å²) in [5.41, 5.74) is 7.26. The minimum atomic E-state index is -4.59. The summed E-state index contributed by atoms with van der Waals surface area (Å²) in [6.07, 6.45) is 1.74. The molecule has 1 saturated heterocycles. The van der Waals surface area contributed by atoms with E-state index in [9.17, 15) is 16.8 Å². The van der Waals surface area contributed by atoms with E-state index in [-0.39, 0.29) is 30.4 Å². The molecular weight excluding hydrogens is 570 g/mol. The van der Waals surface area contributed by atoms with Gasteiger partial charge in [0.25, 0.3) is 6.47 Å². The lowest BCUT2D eigenvalue weighted by molar-refractivity contribution is -0.122. The quantitative estimate of drug-likeness (QED) is 0.179. The van der Waals surface area contributed by atoms with Crippen LogP contribution in [0.5, 0.6) is 0 Å². The fourth-order valence-electron chi connectivity index (χ4n) is 4.35. The Labute approximate surface area is 227 Å². The zero-order chi connectivity index (χ0) is 28.4. The van der Waals surface area contributed by atoms with Gasteiger partial charge in [-0.2, -0.15) is 0 Å². The number of nitrogen functional groups attached to an aromatic ring is 1. The number of nitrogens with two attached hydrogens (primary N) is 2. The molecule has 0 bridgehead atoms. The number of para-hydroxylation sites is 1. The van der Waals surface area contributed by atoms with Gasteiger partial charge in [-0.3, -0.25) is 4.79 Å². The van der Waals surface area contributed by atoms with E-state index in [1.165, 1.54) is 35.2 Å². The second-order valence-corrected chi connectivity index (χ2v) is 12.7. The average molecular weight is 596 g/mol. The Morgan fingerprint density at radius 3 is 2.59 bits per heavy atom. The molecule has 7 N–H and O–H groups in total. The molecule has 0 aliphatic carbocycles. The monoisotopic (exact) mass is 595 g/mol. The smallest absolute Gasteiger partial charge is 0.290 e. The van der Waals surface area contributed by atoms with Crippen LogP contribution in [-0.4, -0.2) is 72.7 Å². The maximum Gasteiger partial charge on any atom is 0.290 e. The lowest BCUT2D eigenvalue weighted by atomic mass is 9.98. The number of tetrazole rings is 1. The molecule has 0 spiro atoms. The van der Waals surface area contributed by atoms with E-state index >= 15 is 0 Å². The summed E-state index contributed by atoms with van der Waals surface area (Å²) in [5, 5.41) is 27.5. The SMILES string of the molecule is Cn1nnnc1-c1c(-c2cccc3sc(N)nc23)ccc(S(=O)(=O)NC[C@@H]2CCCN2)c1S(N)(=O)=O.O=CO. The van der Waals surface area contributed by atoms with Crippen molar-refractivity contribution in [1.29, 1.82) is 0 Å². The Hall–Kier alpha value is -3.55. The number of fused-ring (bicyclic) bond motifs is 1. The van der Waals surface area contributed by atoms with Crippen molar-refractivity contribution in [2.75, 3.05) is 18.8 Å². The number of anilines is 1. The van der Waals surface area contributed by atoms with Crippen molar-refractivity contribution in [3.8, 4) is 22.5 Å². The lowest BCUT2D eigenvalue weighted by Crippen LogP contribution is -2.37. The van der Waals surface area contributed by atoms with Gasteiger partial charge in [0.05, 0.1) is 15.8 Å². The number of benzene rings is 2. The zero-order valence-electron chi connectivity index (χ0n) is 20.5. The van der Waals surface area contributed by atoms with Crippen molar-refractivity contribution in [2.45, 2.75) is 28.7 Å². The van der Waals surface area contributed by atoms with Gasteiger partial charge < -0.3 is 16.2 Å². The van der Waals surface area contributed by atoms with Gasteiger partial charge in [-0.15, -0.1) is 5.10 Å². The van der Waals surface area contributed by atoms with Crippen LogP contribution in [0.25, 0.3) is 32.7 Å². The van der Waals surface area contributed by atoms with Gasteiger partial charge in [0.2, 0.25) is 20.0 Å². The highest BCUT2D eigenvalue weighted by atomic mass is 32.2. The molecule has 15 nitrogen and oxygen atoms in total. The zero-order valence-corrected chi connectivity index (χ0v) is 22.9. The number of nitrogens with zero attached hydrogens (tertiary/aromatic N) is 5. The predicted octanol–water partition coefficient (Wildman–Crippen LogP) is 0.115. The van der Waals surface area contributed by atoms with Crippen molar-refractivity contribution < 1.29 is 26.7 Å². The molecule has 3 heterocycles. The number of rotatable bonds is 7. The summed E-state index contributed by atoms with van der Waals surface area (Å²) in [6, 6.07) is 8.01. The van der Waals surface area contributed by atoms with Crippen molar-refractivity contribution in [1.82, 2.24) is 35.2 Å². The van der Waals surface area contributed by atoms with Crippen LogP contribution in [0.3, 0.4) is 0 Å². The van der Waals surface area contributed by atoms with E-state index in [0.29, 0.717) is 21.8 Å². The number of thiazole rings is 1. The van der Waals surface area contributed by atoms with Crippen LogP contribution in [-0.2, 0) is 31.9 Å². The maximum absolute atomic E-state index is 13.4. The first-order valence-corrected chi connectivity index (χ1v) is 15.2. The van der Waals surface area contributed by atoms with E-state index < -0.39 is 29.8 Å². The lowest BCUT2D eigenvalue weighted by Gasteiger charge is -2.18. The minimum Gasteiger partial charge on any atom is -0.483 e. The Bertz CT molecular complexity index is 1730. The van der Waals surface area contributed by atoms with Crippen molar-refractivity contribution >= 4 is 53.2 Å². The molecule has 39 heavy (non-hydrogen) atoms. The van der Waals surface area contributed by atoms with Gasteiger partial charge in [0.1, 0.15) is 9.79 Å². The minimum absolute atomic E-state index is 0.0174. The number of aromatic nitrogens is 5. The van der Waals surface area contributed by atoms with E-state index in [1.807, 2.05) is 6.07 Å². The van der Waals surface area contributed by atoms with Crippen LogP contribution in [0.2, 0.25) is 0 Å². The second kappa shape index (κ2) is 11.3. The van der Waals surface area contributed by atoms with Crippen molar-refractivity contribution in [3.63, 3.8) is 0 Å². The molecule has 18 heteroatoms. The number of hydrogen-bond acceptors (Lipinski definition) is 12. The molecule has 4 aromatic rings. The van der Waals surface area contributed by atoms with Gasteiger partial charge in [-0.05, 0) is 47.5 Å². The summed E-state index contributed by atoms with van der Waals surface area (Å²) in [6.45, 7) is 0.645. The highest BCUT2D eigenvalue weighted by Gasteiger charge is 2.33.